The Morgan fingerprint density at radius 2 is 1.85 bits per heavy atom. The van der Waals surface area contributed by atoms with Crippen molar-refractivity contribution in [1.29, 1.82) is 0 Å². The molecule has 0 radical (unpaired) electrons. The Hall–Kier alpha value is -0.860. The first-order valence-corrected chi connectivity index (χ1v) is 8.16. The number of hydrogen-bond acceptors (Lipinski definition) is 2. The maximum atomic E-state index is 3.65. The van der Waals surface area contributed by atoms with Gasteiger partial charge in [-0.15, -0.1) is 0 Å². The Kier molecular flexibility index (Phi) is 7.86. The molecule has 20 heavy (non-hydrogen) atoms. The monoisotopic (exact) mass is 276 g/mol. The number of nitrogens with one attached hydrogen (secondary N) is 1. The second-order valence-electron chi connectivity index (χ2n) is 5.64. The third-order valence-corrected chi connectivity index (χ3v) is 4.34. The maximum Gasteiger partial charge on any atom is 0.0334 e. The molecule has 1 aromatic rings. The highest BCUT2D eigenvalue weighted by Crippen LogP contribution is 2.21. The van der Waals surface area contributed by atoms with Crippen molar-refractivity contribution in [3.63, 3.8) is 0 Å². The zero-order valence-electron chi connectivity index (χ0n) is 13.9. The van der Waals surface area contributed by atoms with E-state index in [0.29, 0.717) is 12.1 Å². The van der Waals surface area contributed by atoms with Crippen LogP contribution in [0.2, 0.25) is 0 Å². The minimum Gasteiger partial charge on any atom is -0.310 e. The highest BCUT2D eigenvalue weighted by molar-refractivity contribution is 5.28. The molecule has 0 amide bonds. The normalized spacial score (nSPS) is 14.5. The van der Waals surface area contributed by atoms with E-state index in [1.807, 2.05) is 0 Å². The summed E-state index contributed by atoms with van der Waals surface area (Å²) in [6.45, 7) is 14.6. The lowest BCUT2D eigenvalue weighted by Gasteiger charge is -2.29. The molecule has 0 spiro atoms. The van der Waals surface area contributed by atoms with Crippen molar-refractivity contribution in [3.8, 4) is 0 Å². The van der Waals surface area contributed by atoms with E-state index in [9.17, 15) is 0 Å². The predicted octanol–water partition coefficient (Wildman–Crippen LogP) is 4.16. The summed E-state index contributed by atoms with van der Waals surface area (Å²) >= 11 is 0. The zero-order valence-corrected chi connectivity index (χ0v) is 13.9. The molecule has 0 aliphatic rings. The fourth-order valence-electron chi connectivity index (χ4n) is 2.83. The van der Waals surface area contributed by atoms with Crippen molar-refractivity contribution in [3.05, 3.63) is 35.4 Å². The van der Waals surface area contributed by atoms with Crippen molar-refractivity contribution in [2.45, 2.75) is 59.5 Å². The van der Waals surface area contributed by atoms with Gasteiger partial charge >= 0.3 is 0 Å². The molecule has 0 aromatic heterocycles. The van der Waals surface area contributed by atoms with E-state index in [2.05, 4.69) is 69.1 Å². The Bertz CT molecular complexity index is 375. The van der Waals surface area contributed by atoms with Gasteiger partial charge in [-0.1, -0.05) is 45.0 Å². The van der Waals surface area contributed by atoms with Crippen LogP contribution in [-0.2, 0) is 0 Å². The van der Waals surface area contributed by atoms with E-state index in [1.54, 1.807) is 0 Å². The molecule has 0 fully saturated rings. The van der Waals surface area contributed by atoms with Gasteiger partial charge in [0.1, 0.15) is 0 Å². The molecule has 0 saturated carbocycles. The van der Waals surface area contributed by atoms with Gasteiger partial charge < -0.3 is 10.2 Å². The van der Waals surface area contributed by atoms with Gasteiger partial charge in [-0.05, 0) is 50.9 Å². The Morgan fingerprint density at radius 1 is 1.15 bits per heavy atom. The molecule has 0 bridgehead atoms. The fraction of sp³-hybridized carbons (Fsp3) is 0.667. The quantitative estimate of drug-likeness (QED) is 0.728. The zero-order chi connectivity index (χ0) is 15.0. The van der Waals surface area contributed by atoms with Crippen LogP contribution in [0.5, 0.6) is 0 Å². The molecule has 0 aliphatic heterocycles. The van der Waals surface area contributed by atoms with E-state index < -0.39 is 0 Å². The van der Waals surface area contributed by atoms with Gasteiger partial charge in [0.15, 0.2) is 0 Å². The van der Waals surface area contributed by atoms with Gasteiger partial charge in [0.25, 0.3) is 0 Å². The second kappa shape index (κ2) is 9.15. The Labute approximate surface area is 125 Å². The molecule has 2 unspecified atom stereocenters. The number of rotatable bonds is 9. The molecule has 114 valence electrons. The van der Waals surface area contributed by atoms with Crippen molar-refractivity contribution < 1.29 is 0 Å². The van der Waals surface area contributed by atoms with Crippen LogP contribution in [0.25, 0.3) is 0 Å². The predicted molar refractivity (Wildman–Crippen MR) is 89.2 cm³/mol. The lowest BCUT2D eigenvalue weighted by molar-refractivity contribution is 0.203. The van der Waals surface area contributed by atoms with E-state index in [0.717, 1.165) is 19.6 Å². The van der Waals surface area contributed by atoms with Gasteiger partial charge in [0, 0.05) is 18.6 Å². The fourth-order valence-corrected chi connectivity index (χ4v) is 2.83. The molecule has 2 atom stereocenters. The van der Waals surface area contributed by atoms with Crippen molar-refractivity contribution in [2.75, 3.05) is 19.6 Å². The first kappa shape index (κ1) is 17.2. The third-order valence-electron chi connectivity index (χ3n) is 4.34. The molecular formula is C18H32N2. The topological polar surface area (TPSA) is 15.3 Å². The third kappa shape index (κ3) is 4.92. The van der Waals surface area contributed by atoms with Crippen LogP contribution in [0.1, 0.15) is 57.7 Å². The minimum atomic E-state index is 0.472. The Morgan fingerprint density at radius 3 is 2.40 bits per heavy atom. The van der Waals surface area contributed by atoms with Crippen molar-refractivity contribution >= 4 is 0 Å². The van der Waals surface area contributed by atoms with E-state index in [4.69, 9.17) is 0 Å². The average molecular weight is 276 g/mol. The lowest BCUT2D eigenvalue weighted by Crippen LogP contribution is -2.35. The van der Waals surface area contributed by atoms with Crippen LogP contribution < -0.4 is 5.32 Å². The second-order valence-corrected chi connectivity index (χ2v) is 5.64. The highest BCUT2D eigenvalue weighted by Gasteiger charge is 2.16. The van der Waals surface area contributed by atoms with Gasteiger partial charge in [0.05, 0.1) is 0 Å². The smallest absolute Gasteiger partial charge is 0.0334 e. The highest BCUT2D eigenvalue weighted by atomic mass is 15.1. The van der Waals surface area contributed by atoms with Gasteiger partial charge in [0.2, 0.25) is 0 Å². The molecule has 0 heterocycles. The summed E-state index contributed by atoms with van der Waals surface area (Å²) in [6.07, 6.45) is 2.40. The summed E-state index contributed by atoms with van der Waals surface area (Å²) < 4.78 is 0. The summed E-state index contributed by atoms with van der Waals surface area (Å²) in [4.78, 5) is 2.59. The molecule has 1 aromatic carbocycles. The average Bonchev–Trinajstić information content (AvgIpc) is 2.47. The van der Waals surface area contributed by atoms with Gasteiger partial charge in [-0.25, -0.2) is 0 Å². The Balaban J connectivity index is 2.70. The first-order valence-electron chi connectivity index (χ1n) is 8.16. The molecular weight excluding hydrogens is 244 g/mol. The molecule has 2 heteroatoms. The summed E-state index contributed by atoms with van der Waals surface area (Å²) in [5, 5.41) is 3.65. The van der Waals surface area contributed by atoms with E-state index in [1.165, 1.54) is 24.0 Å². The number of aryl methyl sites for hydroxylation is 1. The van der Waals surface area contributed by atoms with Crippen LogP contribution in [0, 0.1) is 6.92 Å². The van der Waals surface area contributed by atoms with Crippen LogP contribution in [0.3, 0.4) is 0 Å². The molecule has 2 nitrogen and oxygen atoms in total. The number of hydrogen-bond donors (Lipinski definition) is 1. The van der Waals surface area contributed by atoms with Crippen LogP contribution in [0.4, 0.5) is 0 Å². The molecule has 0 saturated heterocycles. The lowest BCUT2D eigenvalue weighted by atomic mass is 9.98. The summed E-state index contributed by atoms with van der Waals surface area (Å²) in [5.41, 5.74) is 2.85. The van der Waals surface area contributed by atoms with Crippen molar-refractivity contribution in [1.82, 2.24) is 10.2 Å². The van der Waals surface area contributed by atoms with E-state index >= 15 is 0 Å². The van der Waals surface area contributed by atoms with Gasteiger partial charge in [-0.3, -0.25) is 0 Å². The van der Waals surface area contributed by atoms with Crippen LogP contribution in [0.15, 0.2) is 24.3 Å². The van der Waals surface area contributed by atoms with Crippen LogP contribution in [-0.4, -0.2) is 30.6 Å². The maximum absolute atomic E-state index is 3.65. The first-order chi connectivity index (χ1) is 9.63. The van der Waals surface area contributed by atoms with Crippen molar-refractivity contribution in [2.24, 2.45) is 0 Å². The van der Waals surface area contributed by atoms with Crippen LogP contribution >= 0.6 is 0 Å². The van der Waals surface area contributed by atoms with Gasteiger partial charge in [-0.2, -0.15) is 0 Å². The summed E-state index contributed by atoms with van der Waals surface area (Å²) in [5.74, 6) is 0. The molecule has 0 aliphatic carbocycles. The minimum absolute atomic E-state index is 0.472. The standard InChI is InChI=1S/C18H32N2/c1-6-16(5)20(8-3)14-13-18(19-7-2)17-12-10-9-11-15(17)4/h9-12,16,18-19H,6-8,13-14H2,1-5H3. The number of nitrogens with zero attached hydrogens (tertiary/aromatic N) is 1. The number of benzene rings is 1. The SMILES string of the molecule is CCNC(CCN(CC)C(C)CC)c1ccccc1C. The summed E-state index contributed by atoms with van der Waals surface area (Å²) in [7, 11) is 0. The van der Waals surface area contributed by atoms with E-state index in [-0.39, 0.29) is 0 Å². The molecule has 1 N–H and O–H groups in total. The largest absolute Gasteiger partial charge is 0.310 e. The summed E-state index contributed by atoms with van der Waals surface area (Å²) in [6, 6.07) is 9.91. The molecule has 1 rings (SSSR count).